The fraction of sp³-hybridized carbons (Fsp3) is 0.467. The average molecular weight is 291 g/mol. The Kier molecular flexibility index (Phi) is 4.80. The number of carbonyl (C=O) groups excluding carboxylic acids is 1. The fourth-order valence-electron chi connectivity index (χ4n) is 1.93. The van der Waals surface area contributed by atoms with Crippen LogP contribution in [0, 0.1) is 5.41 Å². The number of hydrogen-bond donors (Lipinski definition) is 3. The van der Waals surface area contributed by atoms with Gasteiger partial charge in [-0.3, -0.25) is 9.89 Å². The third-order valence-corrected chi connectivity index (χ3v) is 3.34. The molecule has 21 heavy (non-hydrogen) atoms. The Bertz CT molecular complexity index is 573. The lowest BCUT2D eigenvalue weighted by Gasteiger charge is -2.21. The summed E-state index contributed by atoms with van der Waals surface area (Å²) < 4.78 is 5.23. The molecule has 0 aliphatic heterocycles. The van der Waals surface area contributed by atoms with Crippen LogP contribution in [0.1, 0.15) is 37.2 Å². The molecule has 0 bridgehead atoms. The zero-order valence-corrected chi connectivity index (χ0v) is 12.3. The minimum atomic E-state index is -0.217. The number of hydrogen-bond acceptors (Lipinski definition) is 4. The molecular formula is C15H21N3O3. The summed E-state index contributed by atoms with van der Waals surface area (Å²) in [4.78, 5) is 11.9. The number of aliphatic hydroxyl groups is 1. The van der Waals surface area contributed by atoms with Crippen LogP contribution in [0.4, 0.5) is 0 Å². The molecule has 0 aliphatic carbocycles. The van der Waals surface area contributed by atoms with E-state index < -0.39 is 0 Å². The van der Waals surface area contributed by atoms with Gasteiger partial charge in [0, 0.05) is 19.2 Å². The average Bonchev–Trinajstić information content (AvgIpc) is 3.13. The standard InChI is InChI=1S/C15H21N3O3/c1-15(2,10-19)6-4-7-16-14(20)12-9-11(17-18-12)13-5-3-8-21-13/h3,5,8-9,19H,4,6-7,10H2,1-2H3,(H,16,20)(H,17,18). The highest BCUT2D eigenvalue weighted by atomic mass is 16.3. The van der Waals surface area contributed by atoms with Crippen LogP contribution >= 0.6 is 0 Å². The molecule has 2 aromatic heterocycles. The predicted octanol–water partition coefficient (Wildman–Crippen LogP) is 2.20. The van der Waals surface area contributed by atoms with Crippen molar-refractivity contribution < 1.29 is 14.3 Å². The van der Waals surface area contributed by atoms with E-state index in [1.165, 1.54) is 0 Å². The molecule has 0 spiro atoms. The number of furan rings is 1. The molecule has 0 saturated carbocycles. The number of nitrogens with one attached hydrogen (secondary N) is 2. The first-order valence-corrected chi connectivity index (χ1v) is 7.00. The van der Waals surface area contributed by atoms with Gasteiger partial charge in [0.1, 0.15) is 5.69 Å². The van der Waals surface area contributed by atoms with Crippen molar-refractivity contribution in [2.45, 2.75) is 26.7 Å². The van der Waals surface area contributed by atoms with Crippen LogP contribution in [0.25, 0.3) is 11.5 Å². The molecule has 114 valence electrons. The second-order valence-electron chi connectivity index (χ2n) is 5.83. The monoisotopic (exact) mass is 291 g/mol. The van der Waals surface area contributed by atoms with Crippen molar-refractivity contribution >= 4 is 5.91 Å². The number of H-pyrrole nitrogens is 1. The SMILES string of the molecule is CC(C)(CO)CCCNC(=O)c1cc(-c2ccco2)[nH]n1. The van der Waals surface area contributed by atoms with Gasteiger partial charge in [0.15, 0.2) is 11.5 Å². The van der Waals surface area contributed by atoms with Gasteiger partial charge in [-0.2, -0.15) is 5.10 Å². The molecule has 0 unspecified atom stereocenters. The molecule has 0 radical (unpaired) electrons. The molecule has 6 nitrogen and oxygen atoms in total. The van der Waals surface area contributed by atoms with Crippen molar-refractivity contribution in [2.24, 2.45) is 5.41 Å². The van der Waals surface area contributed by atoms with E-state index in [1.807, 2.05) is 13.8 Å². The van der Waals surface area contributed by atoms with Gasteiger partial charge in [0.2, 0.25) is 0 Å². The van der Waals surface area contributed by atoms with Crippen LogP contribution in [0.15, 0.2) is 28.9 Å². The number of carbonyl (C=O) groups is 1. The topological polar surface area (TPSA) is 91.1 Å². The first-order chi connectivity index (χ1) is 10.0. The Morgan fingerprint density at radius 1 is 1.52 bits per heavy atom. The van der Waals surface area contributed by atoms with E-state index in [2.05, 4.69) is 15.5 Å². The summed E-state index contributed by atoms with van der Waals surface area (Å²) in [5.41, 5.74) is 0.901. The van der Waals surface area contributed by atoms with Crippen LogP contribution in [0.2, 0.25) is 0 Å². The molecule has 3 N–H and O–H groups in total. The summed E-state index contributed by atoms with van der Waals surface area (Å²) in [6, 6.07) is 5.23. The highest BCUT2D eigenvalue weighted by molar-refractivity contribution is 5.93. The van der Waals surface area contributed by atoms with E-state index in [9.17, 15) is 4.79 Å². The first-order valence-electron chi connectivity index (χ1n) is 7.00. The molecule has 6 heteroatoms. The third-order valence-electron chi connectivity index (χ3n) is 3.34. The van der Waals surface area contributed by atoms with E-state index in [-0.39, 0.29) is 17.9 Å². The molecule has 0 saturated heterocycles. The van der Waals surface area contributed by atoms with Crippen LogP contribution in [-0.2, 0) is 0 Å². The van der Waals surface area contributed by atoms with Gasteiger partial charge in [0.05, 0.1) is 6.26 Å². The maximum absolute atomic E-state index is 11.9. The van der Waals surface area contributed by atoms with Gasteiger partial charge in [-0.05, 0) is 30.4 Å². The predicted molar refractivity (Wildman–Crippen MR) is 78.7 cm³/mol. The zero-order chi connectivity index (χ0) is 15.3. The van der Waals surface area contributed by atoms with Crippen molar-refractivity contribution in [3.8, 4) is 11.5 Å². The van der Waals surface area contributed by atoms with Gasteiger partial charge in [-0.15, -0.1) is 0 Å². The zero-order valence-electron chi connectivity index (χ0n) is 12.3. The van der Waals surface area contributed by atoms with Crippen LogP contribution in [0.5, 0.6) is 0 Å². The summed E-state index contributed by atoms with van der Waals surface area (Å²) in [5.74, 6) is 0.428. The molecule has 2 rings (SSSR count). The van der Waals surface area contributed by atoms with Crippen molar-refractivity contribution in [1.82, 2.24) is 15.5 Å². The number of aromatic amines is 1. The minimum Gasteiger partial charge on any atom is -0.463 e. The molecule has 1 amide bonds. The Hall–Kier alpha value is -2.08. The highest BCUT2D eigenvalue weighted by Gasteiger charge is 2.16. The maximum Gasteiger partial charge on any atom is 0.271 e. The molecule has 2 heterocycles. The number of rotatable bonds is 7. The van der Waals surface area contributed by atoms with Gasteiger partial charge < -0.3 is 14.8 Å². The molecular weight excluding hydrogens is 270 g/mol. The Labute approximate surface area is 123 Å². The number of amides is 1. The number of aromatic nitrogens is 2. The normalized spacial score (nSPS) is 11.6. The summed E-state index contributed by atoms with van der Waals surface area (Å²) in [5, 5.41) is 18.7. The van der Waals surface area contributed by atoms with Crippen molar-refractivity contribution in [3.63, 3.8) is 0 Å². The fourth-order valence-corrected chi connectivity index (χ4v) is 1.93. The largest absolute Gasteiger partial charge is 0.463 e. The maximum atomic E-state index is 11.9. The van der Waals surface area contributed by atoms with E-state index in [1.54, 1.807) is 24.5 Å². The van der Waals surface area contributed by atoms with E-state index in [0.29, 0.717) is 23.7 Å². The summed E-state index contributed by atoms with van der Waals surface area (Å²) in [6.07, 6.45) is 3.23. The second-order valence-corrected chi connectivity index (χ2v) is 5.83. The smallest absolute Gasteiger partial charge is 0.271 e. The lowest BCUT2D eigenvalue weighted by atomic mass is 9.89. The Morgan fingerprint density at radius 2 is 2.33 bits per heavy atom. The number of aliphatic hydroxyl groups excluding tert-OH is 1. The van der Waals surface area contributed by atoms with Gasteiger partial charge >= 0.3 is 0 Å². The van der Waals surface area contributed by atoms with Gasteiger partial charge in [-0.1, -0.05) is 13.8 Å². The summed E-state index contributed by atoms with van der Waals surface area (Å²) in [7, 11) is 0. The van der Waals surface area contributed by atoms with Crippen molar-refractivity contribution in [3.05, 3.63) is 30.2 Å². The molecule has 0 fully saturated rings. The Morgan fingerprint density at radius 3 is 3.00 bits per heavy atom. The van der Waals surface area contributed by atoms with Gasteiger partial charge in [0.25, 0.3) is 5.91 Å². The minimum absolute atomic E-state index is 0.108. The third kappa shape index (κ3) is 4.19. The molecule has 0 aliphatic rings. The second kappa shape index (κ2) is 6.58. The quantitative estimate of drug-likeness (QED) is 0.682. The Balaban J connectivity index is 1.82. The lowest BCUT2D eigenvalue weighted by molar-refractivity contribution is 0.0943. The summed E-state index contributed by atoms with van der Waals surface area (Å²) in [6.45, 7) is 4.70. The van der Waals surface area contributed by atoms with Crippen LogP contribution in [-0.4, -0.2) is 34.4 Å². The lowest BCUT2D eigenvalue weighted by Crippen LogP contribution is -2.26. The first kappa shape index (κ1) is 15.3. The van der Waals surface area contributed by atoms with Crippen molar-refractivity contribution in [1.29, 1.82) is 0 Å². The van der Waals surface area contributed by atoms with Crippen LogP contribution < -0.4 is 5.32 Å². The van der Waals surface area contributed by atoms with Crippen molar-refractivity contribution in [2.75, 3.05) is 13.2 Å². The molecule has 0 atom stereocenters. The highest BCUT2D eigenvalue weighted by Crippen LogP contribution is 2.20. The number of nitrogens with zero attached hydrogens (tertiary/aromatic N) is 1. The van der Waals surface area contributed by atoms with Gasteiger partial charge in [-0.25, -0.2) is 0 Å². The molecule has 2 aromatic rings. The van der Waals surface area contributed by atoms with E-state index >= 15 is 0 Å². The van der Waals surface area contributed by atoms with E-state index in [0.717, 1.165) is 12.8 Å². The molecule has 0 aromatic carbocycles. The van der Waals surface area contributed by atoms with E-state index in [4.69, 9.17) is 9.52 Å². The van der Waals surface area contributed by atoms with Crippen LogP contribution in [0.3, 0.4) is 0 Å². The summed E-state index contributed by atoms with van der Waals surface area (Å²) >= 11 is 0.